The predicted molar refractivity (Wildman–Crippen MR) is 75.6 cm³/mol. The summed E-state index contributed by atoms with van der Waals surface area (Å²) in [5.41, 5.74) is 0. The molecule has 0 bridgehead atoms. The molecule has 2 fully saturated rings. The van der Waals surface area contributed by atoms with Gasteiger partial charge in [-0.15, -0.1) is 0 Å². The Hall–Kier alpha value is -0.120. The van der Waals surface area contributed by atoms with Crippen LogP contribution in [0, 0.1) is 11.8 Å². The molecule has 106 valence electrons. The molecular formula is C15H30N2O. The summed E-state index contributed by atoms with van der Waals surface area (Å²) in [6.45, 7) is 4.98. The smallest absolute Gasteiger partial charge is 0.0462 e. The molecule has 4 unspecified atom stereocenters. The first kappa shape index (κ1) is 14.3. The highest BCUT2D eigenvalue weighted by Gasteiger charge is 2.25. The van der Waals surface area contributed by atoms with Gasteiger partial charge < -0.3 is 15.7 Å². The predicted octanol–water partition coefficient (Wildman–Crippen LogP) is 1.91. The van der Waals surface area contributed by atoms with Crippen LogP contribution in [0.3, 0.4) is 0 Å². The van der Waals surface area contributed by atoms with Crippen molar-refractivity contribution in [3.8, 4) is 0 Å². The number of hydrogen-bond acceptors (Lipinski definition) is 3. The summed E-state index contributed by atoms with van der Waals surface area (Å²) in [5, 5.41) is 16.7. The van der Waals surface area contributed by atoms with E-state index in [4.69, 9.17) is 0 Å². The maximum absolute atomic E-state index is 9.42. The zero-order valence-electron chi connectivity index (χ0n) is 11.8. The Morgan fingerprint density at radius 1 is 1.17 bits per heavy atom. The van der Waals surface area contributed by atoms with Crippen LogP contribution in [0.1, 0.15) is 51.9 Å². The van der Waals surface area contributed by atoms with Crippen molar-refractivity contribution in [3.05, 3.63) is 0 Å². The van der Waals surface area contributed by atoms with Crippen LogP contribution >= 0.6 is 0 Å². The second-order valence-corrected chi connectivity index (χ2v) is 6.33. The van der Waals surface area contributed by atoms with Gasteiger partial charge in [0.15, 0.2) is 0 Å². The summed E-state index contributed by atoms with van der Waals surface area (Å²) in [6, 6.07) is 1.33. The van der Waals surface area contributed by atoms with Gasteiger partial charge in [0.1, 0.15) is 0 Å². The lowest BCUT2D eigenvalue weighted by atomic mass is 9.79. The first-order chi connectivity index (χ1) is 8.79. The van der Waals surface area contributed by atoms with Crippen LogP contribution in [0.4, 0.5) is 0 Å². The average Bonchev–Trinajstić information content (AvgIpc) is 2.89. The minimum absolute atomic E-state index is 0.380. The lowest BCUT2D eigenvalue weighted by Gasteiger charge is -2.31. The summed E-state index contributed by atoms with van der Waals surface area (Å²) in [7, 11) is 0. The van der Waals surface area contributed by atoms with Gasteiger partial charge in [0, 0.05) is 18.7 Å². The molecule has 18 heavy (non-hydrogen) atoms. The van der Waals surface area contributed by atoms with Gasteiger partial charge in [-0.1, -0.05) is 12.8 Å². The van der Waals surface area contributed by atoms with E-state index in [-0.39, 0.29) is 0 Å². The fraction of sp³-hybridized carbons (Fsp3) is 1.00. The number of nitrogens with one attached hydrogen (secondary N) is 2. The average molecular weight is 254 g/mol. The topological polar surface area (TPSA) is 44.3 Å². The maximum Gasteiger partial charge on any atom is 0.0462 e. The van der Waals surface area contributed by atoms with E-state index >= 15 is 0 Å². The summed E-state index contributed by atoms with van der Waals surface area (Å²) in [5.74, 6) is 1.24. The lowest BCUT2D eigenvalue weighted by Crippen LogP contribution is -2.39. The van der Waals surface area contributed by atoms with E-state index in [9.17, 15) is 5.11 Å². The standard InChI is InChI=1S/C15H30N2O/c1-12(9-15-7-4-8-16-15)17-10-13-5-2-3-6-14(13)11-18/h12-18H,2-11H2,1H3. The van der Waals surface area contributed by atoms with Crippen molar-refractivity contribution in [3.63, 3.8) is 0 Å². The van der Waals surface area contributed by atoms with Crippen LogP contribution < -0.4 is 10.6 Å². The molecule has 1 heterocycles. The van der Waals surface area contributed by atoms with Crippen LogP contribution in [0.5, 0.6) is 0 Å². The third-order valence-corrected chi connectivity index (χ3v) is 4.83. The van der Waals surface area contributed by atoms with E-state index in [1.165, 1.54) is 51.5 Å². The van der Waals surface area contributed by atoms with Gasteiger partial charge in [0.2, 0.25) is 0 Å². The lowest BCUT2D eigenvalue weighted by molar-refractivity contribution is 0.131. The van der Waals surface area contributed by atoms with Crippen molar-refractivity contribution in [2.45, 2.75) is 64.0 Å². The second-order valence-electron chi connectivity index (χ2n) is 6.33. The molecule has 2 aliphatic rings. The number of aliphatic hydroxyl groups excluding tert-OH is 1. The molecule has 1 saturated heterocycles. The molecular weight excluding hydrogens is 224 g/mol. The highest BCUT2D eigenvalue weighted by atomic mass is 16.3. The molecule has 1 aliphatic heterocycles. The molecule has 1 saturated carbocycles. The van der Waals surface area contributed by atoms with Crippen LogP contribution in [-0.4, -0.2) is 36.9 Å². The molecule has 0 aromatic carbocycles. The first-order valence-corrected chi connectivity index (χ1v) is 7.87. The third kappa shape index (κ3) is 4.22. The molecule has 0 spiro atoms. The largest absolute Gasteiger partial charge is 0.396 e. The molecule has 0 aromatic heterocycles. The molecule has 3 N–H and O–H groups in total. The molecule has 0 amide bonds. The zero-order valence-corrected chi connectivity index (χ0v) is 11.8. The Labute approximate surface area is 112 Å². The molecule has 2 rings (SSSR count). The van der Waals surface area contributed by atoms with Crippen LogP contribution in [-0.2, 0) is 0 Å². The Kier molecular flexibility index (Phi) is 5.93. The number of aliphatic hydroxyl groups is 1. The Balaban J connectivity index is 1.65. The normalized spacial score (nSPS) is 34.7. The van der Waals surface area contributed by atoms with Gasteiger partial charge in [-0.3, -0.25) is 0 Å². The van der Waals surface area contributed by atoms with Gasteiger partial charge in [0.05, 0.1) is 0 Å². The summed E-state index contributed by atoms with van der Waals surface area (Å²) in [4.78, 5) is 0. The van der Waals surface area contributed by atoms with Crippen molar-refractivity contribution in [2.24, 2.45) is 11.8 Å². The van der Waals surface area contributed by atoms with Crippen molar-refractivity contribution in [1.82, 2.24) is 10.6 Å². The van der Waals surface area contributed by atoms with E-state index in [2.05, 4.69) is 17.6 Å². The minimum atomic E-state index is 0.380. The van der Waals surface area contributed by atoms with Gasteiger partial charge in [0.25, 0.3) is 0 Å². The van der Waals surface area contributed by atoms with Gasteiger partial charge >= 0.3 is 0 Å². The molecule has 3 heteroatoms. The molecule has 0 aromatic rings. The fourth-order valence-corrected chi connectivity index (χ4v) is 3.61. The van der Waals surface area contributed by atoms with Gasteiger partial charge in [-0.25, -0.2) is 0 Å². The summed E-state index contributed by atoms with van der Waals surface area (Å²) >= 11 is 0. The van der Waals surface area contributed by atoms with Crippen molar-refractivity contribution in [2.75, 3.05) is 19.7 Å². The van der Waals surface area contributed by atoms with Crippen molar-refractivity contribution >= 4 is 0 Å². The van der Waals surface area contributed by atoms with Crippen molar-refractivity contribution < 1.29 is 5.11 Å². The van der Waals surface area contributed by atoms with E-state index in [0.29, 0.717) is 24.5 Å². The zero-order chi connectivity index (χ0) is 12.8. The van der Waals surface area contributed by atoms with Gasteiger partial charge in [-0.2, -0.15) is 0 Å². The van der Waals surface area contributed by atoms with E-state index in [0.717, 1.165) is 12.6 Å². The number of hydrogen-bond donors (Lipinski definition) is 3. The Bertz CT molecular complexity index is 229. The van der Waals surface area contributed by atoms with Crippen LogP contribution in [0.15, 0.2) is 0 Å². The SMILES string of the molecule is CC(CC1CCCN1)NCC1CCCCC1CO. The van der Waals surface area contributed by atoms with Crippen LogP contribution in [0.25, 0.3) is 0 Å². The van der Waals surface area contributed by atoms with E-state index in [1.807, 2.05) is 0 Å². The second kappa shape index (κ2) is 7.46. The Morgan fingerprint density at radius 3 is 2.61 bits per heavy atom. The minimum Gasteiger partial charge on any atom is -0.396 e. The van der Waals surface area contributed by atoms with E-state index < -0.39 is 0 Å². The molecule has 1 aliphatic carbocycles. The first-order valence-electron chi connectivity index (χ1n) is 7.87. The number of rotatable bonds is 6. The van der Waals surface area contributed by atoms with Crippen LogP contribution in [0.2, 0.25) is 0 Å². The monoisotopic (exact) mass is 254 g/mol. The highest BCUT2D eigenvalue weighted by Crippen LogP contribution is 2.29. The molecule has 0 radical (unpaired) electrons. The fourth-order valence-electron chi connectivity index (χ4n) is 3.61. The van der Waals surface area contributed by atoms with Crippen molar-refractivity contribution in [1.29, 1.82) is 0 Å². The highest BCUT2D eigenvalue weighted by molar-refractivity contribution is 4.81. The van der Waals surface area contributed by atoms with E-state index in [1.54, 1.807) is 0 Å². The quantitative estimate of drug-likeness (QED) is 0.678. The molecule has 4 atom stereocenters. The summed E-state index contributed by atoms with van der Waals surface area (Å²) < 4.78 is 0. The van der Waals surface area contributed by atoms with Gasteiger partial charge in [-0.05, 0) is 64.0 Å². The maximum atomic E-state index is 9.42. The summed E-state index contributed by atoms with van der Waals surface area (Å²) in [6.07, 6.45) is 9.11. The third-order valence-electron chi connectivity index (χ3n) is 4.83. The Morgan fingerprint density at radius 2 is 1.94 bits per heavy atom. The molecule has 3 nitrogen and oxygen atoms in total.